The van der Waals surface area contributed by atoms with Gasteiger partial charge in [0, 0.05) is 25.9 Å². The van der Waals surface area contributed by atoms with E-state index < -0.39 is 0 Å². The largest absolute Gasteiger partial charge is 0.490 e. The van der Waals surface area contributed by atoms with Gasteiger partial charge in [-0.1, -0.05) is 6.07 Å². The minimum absolute atomic E-state index is 0.106. The van der Waals surface area contributed by atoms with E-state index in [0.29, 0.717) is 0 Å². The molecule has 1 aromatic carbocycles. The molecule has 1 aliphatic rings. The summed E-state index contributed by atoms with van der Waals surface area (Å²) in [7, 11) is 0. The van der Waals surface area contributed by atoms with Crippen LogP contribution in [0.5, 0.6) is 5.75 Å². The number of hydrogen-bond acceptors (Lipinski definition) is 4. The fraction of sp³-hybridized carbons (Fsp3) is 0.444. The van der Waals surface area contributed by atoms with Crippen molar-refractivity contribution in [1.82, 2.24) is 9.88 Å². The standard InChI is InChI=1S/C18H22N2O2S/c1-12-4-5-16(10-13(12)2)22-15-6-8-20(9-7-15)18(21)17-14(3)19-11-23-17/h4-5,10-11,15H,6-9H2,1-3H3. The van der Waals surface area contributed by atoms with Crippen molar-refractivity contribution in [1.29, 1.82) is 0 Å². The molecule has 2 aromatic rings. The van der Waals surface area contributed by atoms with E-state index in [4.69, 9.17) is 4.74 Å². The highest BCUT2D eigenvalue weighted by Gasteiger charge is 2.26. The molecular weight excluding hydrogens is 308 g/mol. The molecule has 122 valence electrons. The number of piperidine rings is 1. The van der Waals surface area contributed by atoms with E-state index in [1.807, 2.05) is 17.9 Å². The molecule has 1 saturated heterocycles. The van der Waals surface area contributed by atoms with Crippen LogP contribution in [0, 0.1) is 20.8 Å². The van der Waals surface area contributed by atoms with Gasteiger partial charge in [-0.25, -0.2) is 4.98 Å². The normalized spacial score (nSPS) is 15.7. The summed E-state index contributed by atoms with van der Waals surface area (Å²) in [6.45, 7) is 7.57. The van der Waals surface area contributed by atoms with E-state index in [9.17, 15) is 4.79 Å². The molecule has 1 fully saturated rings. The Morgan fingerprint density at radius 3 is 2.57 bits per heavy atom. The Kier molecular flexibility index (Phi) is 4.66. The molecular formula is C18H22N2O2S. The highest BCUT2D eigenvalue weighted by Crippen LogP contribution is 2.23. The first-order valence-electron chi connectivity index (χ1n) is 7.98. The Labute approximate surface area is 141 Å². The van der Waals surface area contributed by atoms with E-state index >= 15 is 0 Å². The number of nitrogens with zero attached hydrogens (tertiary/aromatic N) is 2. The second-order valence-electron chi connectivity index (χ2n) is 6.12. The van der Waals surface area contributed by atoms with Gasteiger partial charge in [0.15, 0.2) is 0 Å². The molecule has 4 nitrogen and oxygen atoms in total. The lowest BCUT2D eigenvalue weighted by Crippen LogP contribution is -2.41. The molecule has 5 heteroatoms. The first-order valence-corrected chi connectivity index (χ1v) is 8.86. The third-order valence-electron chi connectivity index (χ3n) is 4.45. The maximum absolute atomic E-state index is 12.5. The molecule has 0 unspecified atom stereocenters. The van der Waals surface area contributed by atoms with E-state index in [-0.39, 0.29) is 12.0 Å². The number of amides is 1. The maximum Gasteiger partial charge on any atom is 0.265 e. The molecule has 0 spiro atoms. The van der Waals surface area contributed by atoms with Crippen molar-refractivity contribution in [2.45, 2.75) is 39.7 Å². The van der Waals surface area contributed by atoms with Crippen LogP contribution in [0.25, 0.3) is 0 Å². The van der Waals surface area contributed by atoms with Crippen LogP contribution in [0.1, 0.15) is 39.3 Å². The van der Waals surface area contributed by atoms with Crippen LogP contribution in [-0.2, 0) is 0 Å². The summed E-state index contributed by atoms with van der Waals surface area (Å²) in [5.41, 5.74) is 5.08. The van der Waals surface area contributed by atoms with Gasteiger partial charge in [-0.15, -0.1) is 11.3 Å². The van der Waals surface area contributed by atoms with Crippen molar-refractivity contribution in [3.8, 4) is 5.75 Å². The average Bonchev–Trinajstić information content (AvgIpc) is 2.97. The van der Waals surface area contributed by atoms with Crippen molar-refractivity contribution in [2.75, 3.05) is 13.1 Å². The van der Waals surface area contributed by atoms with Gasteiger partial charge in [0.2, 0.25) is 0 Å². The minimum atomic E-state index is 0.106. The predicted octanol–water partition coefficient (Wildman–Crippen LogP) is 3.75. The van der Waals surface area contributed by atoms with E-state index in [0.717, 1.165) is 42.3 Å². The molecule has 23 heavy (non-hydrogen) atoms. The summed E-state index contributed by atoms with van der Waals surface area (Å²) in [4.78, 5) is 19.3. The number of thiazole rings is 1. The third kappa shape index (κ3) is 3.55. The van der Waals surface area contributed by atoms with Crippen molar-refractivity contribution in [3.63, 3.8) is 0 Å². The smallest absolute Gasteiger partial charge is 0.265 e. The second-order valence-corrected chi connectivity index (χ2v) is 6.98. The van der Waals surface area contributed by atoms with E-state index in [1.165, 1.54) is 22.5 Å². The van der Waals surface area contributed by atoms with Crippen LogP contribution in [0.2, 0.25) is 0 Å². The molecule has 3 rings (SSSR count). The van der Waals surface area contributed by atoms with Crippen molar-refractivity contribution >= 4 is 17.2 Å². The van der Waals surface area contributed by atoms with Crippen LogP contribution >= 0.6 is 11.3 Å². The first kappa shape index (κ1) is 16.0. The lowest BCUT2D eigenvalue weighted by atomic mass is 10.1. The monoisotopic (exact) mass is 330 g/mol. The number of carbonyl (C=O) groups excluding carboxylic acids is 1. The zero-order valence-corrected chi connectivity index (χ0v) is 14.7. The molecule has 0 bridgehead atoms. The summed E-state index contributed by atoms with van der Waals surface area (Å²) < 4.78 is 6.09. The summed E-state index contributed by atoms with van der Waals surface area (Å²) in [6.07, 6.45) is 1.93. The molecule has 1 aliphatic heterocycles. The number of ether oxygens (including phenoxy) is 1. The number of benzene rings is 1. The van der Waals surface area contributed by atoms with Gasteiger partial charge in [0.25, 0.3) is 5.91 Å². The first-order chi connectivity index (χ1) is 11.0. The van der Waals surface area contributed by atoms with Crippen molar-refractivity contribution in [3.05, 3.63) is 45.4 Å². The van der Waals surface area contributed by atoms with Crippen LogP contribution in [0.3, 0.4) is 0 Å². The van der Waals surface area contributed by atoms with E-state index in [1.54, 1.807) is 5.51 Å². The molecule has 2 heterocycles. The third-order valence-corrected chi connectivity index (χ3v) is 5.37. The lowest BCUT2D eigenvalue weighted by Gasteiger charge is -2.32. The van der Waals surface area contributed by atoms with Crippen LogP contribution in [-0.4, -0.2) is 35.0 Å². The highest BCUT2D eigenvalue weighted by molar-refractivity contribution is 7.11. The summed E-state index contributed by atoms with van der Waals surface area (Å²) in [5.74, 6) is 1.03. The second kappa shape index (κ2) is 6.71. The Morgan fingerprint density at radius 2 is 1.96 bits per heavy atom. The Bertz CT molecular complexity index is 703. The molecule has 0 aliphatic carbocycles. The van der Waals surface area contributed by atoms with Gasteiger partial charge in [0.1, 0.15) is 16.7 Å². The Morgan fingerprint density at radius 1 is 1.22 bits per heavy atom. The zero-order chi connectivity index (χ0) is 16.4. The lowest BCUT2D eigenvalue weighted by molar-refractivity contribution is 0.0599. The Hall–Kier alpha value is -1.88. The Balaban J connectivity index is 1.57. The fourth-order valence-corrected chi connectivity index (χ4v) is 3.58. The minimum Gasteiger partial charge on any atom is -0.490 e. The summed E-state index contributed by atoms with van der Waals surface area (Å²) >= 11 is 1.42. The summed E-state index contributed by atoms with van der Waals surface area (Å²) in [6, 6.07) is 6.21. The van der Waals surface area contributed by atoms with Crippen molar-refractivity contribution < 1.29 is 9.53 Å². The van der Waals surface area contributed by atoms with E-state index in [2.05, 4.69) is 31.0 Å². The summed E-state index contributed by atoms with van der Waals surface area (Å²) in [5, 5.41) is 0. The topological polar surface area (TPSA) is 42.4 Å². The molecule has 0 radical (unpaired) electrons. The highest BCUT2D eigenvalue weighted by atomic mass is 32.1. The molecule has 1 amide bonds. The zero-order valence-electron chi connectivity index (χ0n) is 13.8. The van der Waals surface area contributed by atoms with Gasteiger partial charge >= 0.3 is 0 Å². The van der Waals surface area contributed by atoms with Crippen LogP contribution in [0.4, 0.5) is 0 Å². The number of carbonyl (C=O) groups is 1. The van der Waals surface area contributed by atoms with Crippen LogP contribution in [0.15, 0.2) is 23.7 Å². The SMILES string of the molecule is Cc1ccc(OC2CCN(C(=O)c3scnc3C)CC2)cc1C. The van der Waals surface area contributed by atoms with Gasteiger partial charge in [-0.3, -0.25) is 4.79 Å². The van der Waals surface area contributed by atoms with Crippen LogP contribution < -0.4 is 4.74 Å². The number of hydrogen-bond donors (Lipinski definition) is 0. The van der Waals surface area contributed by atoms with Gasteiger partial charge in [0.05, 0.1) is 11.2 Å². The fourth-order valence-electron chi connectivity index (χ4n) is 2.81. The van der Waals surface area contributed by atoms with Gasteiger partial charge < -0.3 is 9.64 Å². The maximum atomic E-state index is 12.5. The van der Waals surface area contributed by atoms with Crippen molar-refractivity contribution in [2.24, 2.45) is 0 Å². The predicted molar refractivity (Wildman–Crippen MR) is 92.3 cm³/mol. The molecule has 0 N–H and O–H groups in total. The quantitative estimate of drug-likeness (QED) is 0.861. The number of aryl methyl sites for hydroxylation is 3. The molecule has 0 saturated carbocycles. The average molecular weight is 330 g/mol. The van der Waals surface area contributed by atoms with Gasteiger partial charge in [-0.2, -0.15) is 0 Å². The van der Waals surface area contributed by atoms with Gasteiger partial charge in [-0.05, 0) is 44.0 Å². The number of likely N-dealkylation sites (tertiary alicyclic amines) is 1. The number of rotatable bonds is 3. The molecule has 1 aromatic heterocycles. The molecule has 0 atom stereocenters. The number of aromatic nitrogens is 1.